The number of hydrogen-bond donors (Lipinski definition) is 1. The first kappa shape index (κ1) is 15.6. The summed E-state index contributed by atoms with van der Waals surface area (Å²) in [5.41, 5.74) is 3.16. The maximum absolute atomic E-state index is 12.5. The molecule has 4 rings (SSSR count). The van der Waals surface area contributed by atoms with Crippen molar-refractivity contribution in [2.45, 2.75) is 12.5 Å². The number of amides is 1. The minimum Gasteiger partial charge on any atom is -0.382 e. The zero-order valence-corrected chi connectivity index (χ0v) is 13.9. The van der Waals surface area contributed by atoms with Crippen LogP contribution in [0, 0.1) is 0 Å². The van der Waals surface area contributed by atoms with Crippen LogP contribution in [-0.2, 0) is 9.63 Å². The molecule has 1 amide bonds. The van der Waals surface area contributed by atoms with Gasteiger partial charge < -0.3 is 10.2 Å². The van der Waals surface area contributed by atoms with E-state index < -0.39 is 6.10 Å². The molecule has 2 heterocycles. The van der Waals surface area contributed by atoms with E-state index in [-0.39, 0.29) is 5.91 Å². The van der Waals surface area contributed by atoms with Crippen molar-refractivity contribution < 1.29 is 9.63 Å². The molecule has 1 aliphatic rings. The summed E-state index contributed by atoms with van der Waals surface area (Å²) < 4.78 is 0. The van der Waals surface area contributed by atoms with E-state index in [9.17, 15) is 4.79 Å². The van der Waals surface area contributed by atoms with E-state index in [4.69, 9.17) is 16.4 Å². The summed E-state index contributed by atoms with van der Waals surface area (Å²) >= 11 is 5.90. The molecule has 1 N–H and O–H groups in total. The molecule has 1 aliphatic heterocycles. The number of aromatic nitrogens is 1. The van der Waals surface area contributed by atoms with Crippen LogP contribution in [0.5, 0.6) is 0 Å². The van der Waals surface area contributed by atoms with Crippen molar-refractivity contribution in [3.8, 4) is 0 Å². The van der Waals surface area contributed by atoms with E-state index >= 15 is 0 Å². The van der Waals surface area contributed by atoms with Gasteiger partial charge in [-0.2, -0.15) is 0 Å². The highest BCUT2D eigenvalue weighted by molar-refractivity contribution is 6.30. The van der Waals surface area contributed by atoms with Crippen molar-refractivity contribution in [3.05, 3.63) is 71.4 Å². The maximum atomic E-state index is 12.5. The van der Waals surface area contributed by atoms with Crippen LogP contribution >= 0.6 is 11.6 Å². The van der Waals surface area contributed by atoms with Crippen LogP contribution in [0.4, 0.5) is 5.69 Å². The fraction of sp³-hybridized carbons (Fsp3) is 0.105. The van der Waals surface area contributed by atoms with Crippen molar-refractivity contribution >= 4 is 39.8 Å². The second kappa shape index (κ2) is 6.53. The first-order chi connectivity index (χ1) is 12.2. The molecule has 0 saturated carbocycles. The lowest BCUT2D eigenvalue weighted by Crippen LogP contribution is -2.28. The van der Waals surface area contributed by atoms with Gasteiger partial charge in [-0.05, 0) is 42.0 Å². The van der Waals surface area contributed by atoms with Gasteiger partial charge in [0.2, 0.25) is 6.10 Å². The van der Waals surface area contributed by atoms with E-state index in [1.54, 1.807) is 18.3 Å². The van der Waals surface area contributed by atoms with E-state index in [0.717, 1.165) is 22.2 Å². The molecule has 124 valence electrons. The van der Waals surface area contributed by atoms with Gasteiger partial charge in [0.1, 0.15) is 0 Å². The fourth-order valence-corrected chi connectivity index (χ4v) is 2.88. The SMILES string of the molecule is O=C(Nc1cccc2ncccc12)[C@H]1CC(c2ccc(Cl)cc2)=NO1. The first-order valence-corrected chi connectivity index (χ1v) is 8.22. The van der Waals surface area contributed by atoms with Gasteiger partial charge in [0.15, 0.2) is 0 Å². The number of oxime groups is 1. The maximum Gasteiger partial charge on any atom is 0.268 e. The van der Waals surface area contributed by atoms with Gasteiger partial charge in [0, 0.05) is 23.0 Å². The molecule has 6 heteroatoms. The highest BCUT2D eigenvalue weighted by Crippen LogP contribution is 2.24. The second-order valence-electron chi connectivity index (χ2n) is 5.71. The van der Waals surface area contributed by atoms with E-state index in [2.05, 4.69) is 15.5 Å². The Morgan fingerprint density at radius 3 is 2.80 bits per heavy atom. The molecule has 0 saturated heterocycles. The third kappa shape index (κ3) is 3.19. The van der Waals surface area contributed by atoms with Crippen LogP contribution in [0.25, 0.3) is 10.9 Å². The summed E-state index contributed by atoms with van der Waals surface area (Å²) in [7, 11) is 0. The van der Waals surface area contributed by atoms with Gasteiger partial charge in [0.25, 0.3) is 5.91 Å². The van der Waals surface area contributed by atoms with Crippen LogP contribution in [0.15, 0.2) is 65.9 Å². The normalized spacial score (nSPS) is 16.4. The molecular weight excluding hydrogens is 338 g/mol. The van der Waals surface area contributed by atoms with Crippen LogP contribution in [0.2, 0.25) is 5.02 Å². The zero-order chi connectivity index (χ0) is 17.2. The Kier molecular flexibility index (Phi) is 4.07. The summed E-state index contributed by atoms with van der Waals surface area (Å²) in [6.07, 6.45) is 1.48. The first-order valence-electron chi connectivity index (χ1n) is 7.84. The molecule has 1 atom stereocenters. The number of nitrogens with one attached hydrogen (secondary N) is 1. The molecule has 0 bridgehead atoms. The molecule has 0 aliphatic carbocycles. The third-order valence-corrected chi connectivity index (χ3v) is 4.29. The van der Waals surface area contributed by atoms with Crippen LogP contribution in [0.1, 0.15) is 12.0 Å². The predicted molar refractivity (Wildman–Crippen MR) is 97.9 cm³/mol. The number of nitrogens with zero attached hydrogens (tertiary/aromatic N) is 2. The number of carbonyl (C=O) groups is 1. The topological polar surface area (TPSA) is 63.6 Å². The lowest BCUT2D eigenvalue weighted by atomic mass is 10.0. The van der Waals surface area contributed by atoms with Crippen molar-refractivity contribution in [2.24, 2.45) is 5.16 Å². The Hall–Kier alpha value is -2.92. The lowest BCUT2D eigenvalue weighted by molar-refractivity contribution is -0.125. The Bertz CT molecular complexity index is 965. The van der Waals surface area contributed by atoms with E-state index in [1.165, 1.54) is 0 Å². The zero-order valence-electron chi connectivity index (χ0n) is 13.1. The van der Waals surface area contributed by atoms with E-state index in [1.807, 2.05) is 42.5 Å². The fourth-order valence-electron chi connectivity index (χ4n) is 2.76. The predicted octanol–water partition coefficient (Wildman–Crippen LogP) is 4.02. The van der Waals surface area contributed by atoms with Gasteiger partial charge in [-0.25, -0.2) is 0 Å². The molecule has 5 nitrogen and oxygen atoms in total. The van der Waals surface area contributed by atoms with Gasteiger partial charge in [-0.1, -0.05) is 35.0 Å². The highest BCUT2D eigenvalue weighted by Gasteiger charge is 2.29. The van der Waals surface area contributed by atoms with Gasteiger partial charge in [0.05, 0.1) is 16.9 Å². The largest absolute Gasteiger partial charge is 0.382 e. The quantitative estimate of drug-likeness (QED) is 0.775. The molecule has 3 aromatic rings. The molecule has 25 heavy (non-hydrogen) atoms. The average molecular weight is 352 g/mol. The number of anilines is 1. The number of halogens is 1. The summed E-state index contributed by atoms with van der Waals surface area (Å²) in [6, 6.07) is 16.7. The lowest BCUT2D eigenvalue weighted by Gasteiger charge is -2.11. The van der Waals surface area contributed by atoms with Crippen LogP contribution < -0.4 is 5.32 Å². The number of pyridine rings is 1. The number of fused-ring (bicyclic) bond motifs is 1. The second-order valence-corrected chi connectivity index (χ2v) is 6.14. The van der Waals surface area contributed by atoms with Gasteiger partial charge >= 0.3 is 0 Å². The van der Waals surface area contributed by atoms with Crippen LogP contribution in [0.3, 0.4) is 0 Å². The smallest absolute Gasteiger partial charge is 0.268 e. The molecule has 1 aromatic heterocycles. The molecule has 0 unspecified atom stereocenters. The molecule has 2 aromatic carbocycles. The Morgan fingerprint density at radius 2 is 1.96 bits per heavy atom. The van der Waals surface area contributed by atoms with Crippen molar-refractivity contribution in [2.75, 3.05) is 5.32 Å². The standard InChI is InChI=1S/C19H14ClN3O2/c20-13-8-6-12(7-9-13)17-11-18(25-23-17)19(24)22-16-5-1-4-15-14(16)3-2-10-21-15/h1-10,18H,11H2,(H,22,24)/t18-/m1/s1. The number of hydrogen-bond acceptors (Lipinski definition) is 4. The Labute approximate surface area is 149 Å². The van der Waals surface area contributed by atoms with Crippen molar-refractivity contribution in [3.63, 3.8) is 0 Å². The highest BCUT2D eigenvalue weighted by atomic mass is 35.5. The minimum absolute atomic E-state index is 0.232. The average Bonchev–Trinajstić information content (AvgIpc) is 3.13. The molecule has 0 spiro atoms. The number of rotatable bonds is 3. The number of carbonyl (C=O) groups excluding carboxylic acids is 1. The number of benzene rings is 2. The van der Waals surface area contributed by atoms with Crippen molar-refractivity contribution in [1.82, 2.24) is 4.98 Å². The van der Waals surface area contributed by atoms with Gasteiger partial charge in [-0.3, -0.25) is 9.78 Å². The molecule has 0 radical (unpaired) electrons. The summed E-state index contributed by atoms with van der Waals surface area (Å²) in [5.74, 6) is -0.232. The van der Waals surface area contributed by atoms with Crippen molar-refractivity contribution in [1.29, 1.82) is 0 Å². The Balaban J connectivity index is 1.48. The summed E-state index contributed by atoms with van der Waals surface area (Å²) in [6.45, 7) is 0. The van der Waals surface area contributed by atoms with Crippen LogP contribution in [-0.4, -0.2) is 22.7 Å². The molecular formula is C19H14ClN3O2. The Morgan fingerprint density at radius 1 is 1.12 bits per heavy atom. The monoisotopic (exact) mass is 351 g/mol. The molecule has 0 fully saturated rings. The summed E-state index contributed by atoms with van der Waals surface area (Å²) in [4.78, 5) is 22.2. The summed E-state index contributed by atoms with van der Waals surface area (Å²) in [5, 5.41) is 8.49. The van der Waals surface area contributed by atoms with E-state index in [0.29, 0.717) is 17.1 Å². The minimum atomic E-state index is -0.655. The third-order valence-electron chi connectivity index (χ3n) is 4.04. The van der Waals surface area contributed by atoms with Gasteiger partial charge in [-0.15, -0.1) is 0 Å².